The van der Waals surface area contributed by atoms with Crippen molar-refractivity contribution in [1.82, 2.24) is 10.6 Å². The first-order valence-electron chi connectivity index (χ1n) is 6.20. The van der Waals surface area contributed by atoms with Gasteiger partial charge in [0, 0.05) is 13.0 Å². The summed E-state index contributed by atoms with van der Waals surface area (Å²) in [6, 6.07) is -0.508. The number of amides is 2. The third-order valence-electron chi connectivity index (χ3n) is 2.94. The van der Waals surface area contributed by atoms with Gasteiger partial charge in [0.1, 0.15) is 6.04 Å². The van der Waals surface area contributed by atoms with Gasteiger partial charge in [0.15, 0.2) is 0 Å². The monoisotopic (exact) mass is 256 g/mol. The van der Waals surface area contributed by atoms with E-state index in [2.05, 4.69) is 10.6 Å². The minimum absolute atomic E-state index is 0.110. The molecule has 6 heteroatoms. The molecule has 0 spiro atoms. The van der Waals surface area contributed by atoms with Crippen molar-refractivity contribution in [3.63, 3.8) is 0 Å². The molecule has 0 radical (unpaired) electrons. The Bertz CT molecular complexity index is 341. The minimum Gasteiger partial charge on any atom is -0.481 e. The van der Waals surface area contributed by atoms with Gasteiger partial charge >= 0.3 is 5.97 Å². The lowest BCUT2D eigenvalue weighted by Gasteiger charge is -2.17. The van der Waals surface area contributed by atoms with Crippen LogP contribution in [0.5, 0.6) is 0 Å². The molecule has 3 N–H and O–H groups in total. The van der Waals surface area contributed by atoms with Crippen LogP contribution in [-0.2, 0) is 14.4 Å². The Balaban J connectivity index is 2.39. The van der Waals surface area contributed by atoms with Gasteiger partial charge in [-0.3, -0.25) is 14.4 Å². The number of carboxylic acid groups (broad SMARTS) is 1. The van der Waals surface area contributed by atoms with Gasteiger partial charge in [0.05, 0.1) is 5.92 Å². The van der Waals surface area contributed by atoms with Crippen LogP contribution in [0.4, 0.5) is 0 Å². The molecule has 18 heavy (non-hydrogen) atoms. The third-order valence-corrected chi connectivity index (χ3v) is 2.94. The predicted octanol–water partition coefficient (Wildman–Crippen LogP) is 0.128. The Labute approximate surface area is 106 Å². The van der Waals surface area contributed by atoms with E-state index in [1.807, 2.05) is 13.8 Å². The average molecular weight is 256 g/mol. The number of carbonyl (C=O) groups is 3. The predicted molar refractivity (Wildman–Crippen MR) is 64.8 cm³/mol. The Hall–Kier alpha value is -1.59. The van der Waals surface area contributed by atoms with E-state index < -0.39 is 17.9 Å². The second-order valence-corrected chi connectivity index (χ2v) is 5.07. The molecule has 0 aromatic rings. The molecule has 2 amide bonds. The number of rotatable bonds is 6. The Kier molecular flexibility index (Phi) is 5.12. The first kappa shape index (κ1) is 14.5. The van der Waals surface area contributed by atoms with Gasteiger partial charge < -0.3 is 15.7 Å². The number of nitrogens with one attached hydrogen (secondary N) is 2. The number of aliphatic carboxylic acids is 1. The van der Waals surface area contributed by atoms with Gasteiger partial charge in [-0.15, -0.1) is 0 Å². The van der Waals surface area contributed by atoms with Gasteiger partial charge in [0.25, 0.3) is 0 Å². The summed E-state index contributed by atoms with van der Waals surface area (Å²) in [5.41, 5.74) is 0. The molecule has 0 aromatic heterocycles. The van der Waals surface area contributed by atoms with Crippen molar-refractivity contribution in [3.8, 4) is 0 Å². The Morgan fingerprint density at radius 1 is 1.50 bits per heavy atom. The van der Waals surface area contributed by atoms with E-state index in [1.54, 1.807) is 0 Å². The molecule has 0 aromatic carbocycles. The van der Waals surface area contributed by atoms with E-state index in [9.17, 15) is 14.4 Å². The summed E-state index contributed by atoms with van der Waals surface area (Å²) < 4.78 is 0. The van der Waals surface area contributed by atoms with Crippen molar-refractivity contribution in [2.75, 3.05) is 6.54 Å². The van der Waals surface area contributed by atoms with Gasteiger partial charge in [0.2, 0.25) is 11.8 Å². The normalized spacial score (nSPS) is 20.6. The standard InChI is InChI=1S/C12H20N2O4/c1-7(2)5-8(12(17)18)6-13-11(16)9-3-4-10(15)14-9/h7-9H,3-6H2,1-2H3,(H,13,16)(H,14,15)(H,17,18)/t8?,9-/m1/s1. The average Bonchev–Trinajstić information content (AvgIpc) is 2.69. The summed E-state index contributed by atoms with van der Waals surface area (Å²) in [4.78, 5) is 33.6. The number of hydrogen-bond donors (Lipinski definition) is 3. The second kappa shape index (κ2) is 6.37. The van der Waals surface area contributed by atoms with Gasteiger partial charge in [-0.2, -0.15) is 0 Å². The maximum atomic E-state index is 11.7. The van der Waals surface area contributed by atoms with Crippen LogP contribution in [0.25, 0.3) is 0 Å². The zero-order chi connectivity index (χ0) is 13.7. The summed E-state index contributed by atoms with van der Waals surface area (Å²) in [7, 11) is 0. The molecule has 2 atom stereocenters. The fraction of sp³-hybridized carbons (Fsp3) is 0.750. The topological polar surface area (TPSA) is 95.5 Å². The molecule has 0 bridgehead atoms. The highest BCUT2D eigenvalue weighted by Crippen LogP contribution is 2.12. The fourth-order valence-corrected chi connectivity index (χ4v) is 2.00. The van der Waals surface area contributed by atoms with Gasteiger partial charge in [-0.25, -0.2) is 0 Å². The van der Waals surface area contributed by atoms with Crippen LogP contribution < -0.4 is 10.6 Å². The summed E-state index contributed by atoms with van der Waals surface area (Å²) >= 11 is 0. The lowest BCUT2D eigenvalue weighted by Crippen LogP contribution is -2.44. The zero-order valence-electron chi connectivity index (χ0n) is 10.7. The molecule has 6 nitrogen and oxygen atoms in total. The molecule has 0 aliphatic carbocycles. The molecule has 1 unspecified atom stereocenters. The van der Waals surface area contributed by atoms with Crippen LogP contribution in [0.15, 0.2) is 0 Å². The van der Waals surface area contributed by atoms with Gasteiger partial charge in [-0.05, 0) is 18.8 Å². The van der Waals surface area contributed by atoms with E-state index in [-0.39, 0.29) is 24.3 Å². The van der Waals surface area contributed by atoms with Crippen molar-refractivity contribution >= 4 is 17.8 Å². The van der Waals surface area contributed by atoms with Crippen LogP contribution in [0.1, 0.15) is 33.1 Å². The lowest BCUT2D eigenvalue weighted by molar-refractivity contribution is -0.142. The summed E-state index contributed by atoms with van der Waals surface area (Å²) in [5, 5.41) is 14.2. The van der Waals surface area contributed by atoms with Crippen molar-refractivity contribution in [2.24, 2.45) is 11.8 Å². The van der Waals surface area contributed by atoms with Crippen LogP contribution in [0.2, 0.25) is 0 Å². The van der Waals surface area contributed by atoms with Crippen molar-refractivity contribution in [2.45, 2.75) is 39.2 Å². The molecule has 1 aliphatic heterocycles. The Morgan fingerprint density at radius 3 is 2.61 bits per heavy atom. The molecular formula is C12H20N2O4. The number of carboxylic acids is 1. The summed E-state index contributed by atoms with van der Waals surface area (Å²) in [6.45, 7) is 3.99. The van der Waals surface area contributed by atoms with Crippen LogP contribution >= 0.6 is 0 Å². The molecule has 102 valence electrons. The second-order valence-electron chi connectivity index (χ2n) is 5.07. The van der Waals surface area contributed by atoms with Crippen LogP contribution in [0, 0.1) is 11.8 Å². The molecule has 1 rings (SSSR count). The Morgan fingerprint density at radius 2 is 2.17 bits per heavy atom. The van der Waals surface area contributed by atoms with Crippen LogP contribution in [-0.4, -0.2) is 35.5 Å². The molecule has 0 saturated carbocycles. The quantitative estimate of drug-likeness (QED) is 0.629. The lowest BCUT2D eigenvalue weighted by atomic mass is 9.97. The fourth-order valence-electron chi connectivity index (χ4n) is 2.00. The third kappa shape index (κ3) is 4.35. The SMILES string of the molecule is CC(C)CC(CNC(=O)[C@H]1CCC(=O)N1)C(=O)O. The van der Waals surface area contributed by atoms with E-state index in [0.717, 1.165) is 0 Å². The van der Waals surface area contributed by atoms with Crippen molar-refractivity contribution < 1.29 is 19.5 Å². The number of hydrogen-bond acceptors (Lipinski definition) is 3. The highest BCUT2D eigenvalue weighted by atomic mass is 16.4. The van der Waals surface area contributed by atoms with Crippen molar-refractivity contribution in [3.05, 3.63) is 0 Å². The maximum absolute atomic E-state index is 11.7. The first-order chi connectivity index (χ1) is 8.40. The molecule has 1 aliphatic rings. The first-order valence-corrected chi connectivity index (χ1v) is 6.20. The number of carbonyl (C=O) groups excluding carboxylic acids is 2. The molecule has 1 saturated heterocycles. The summed E-state index contributed by atoms with van der Waals surface area (Å²) in [5.74, 6) is -1.65. The smallest absolute Gasteiger partial charge is 0.308 e. The summed E-state index contributed by atoms with van der Waals surface area (Å²) in [6.07, 6.45) is 1.35. The van der Waals surface area contributed by atoms with E-state index in [0.29, 0.717) is 19.3 Å². The largest absolute Gasteiger partial charge is 0.481 e. The highest BCUT2D eigenvalue weighted by Gasteiger charge is 2.28. The molecule has 1 fully saturated rings. The van der Waals surface area contributed by atoms with Crippen LogP contribution in [0.3, 0.4) is 0 Å². The van der Waals surface area contributed by atoms with Crippen molar-refractivity contribution in [1.29, 1.82) is 0 Å². The highest BCUT2D eigenvalue weighted by molar-refractivity contribution is 5.90. The molecular weight excluding hydrogens is 236 g/mol. The molecule has 1 heterocycles. The van der Waals surface area contributed by atoms with E-state index in [4.69, 9.17) is 5.11 Å². The maximum Gasteiger partial charge on any atom is 0.308 e. The van der Waals surface area contributed by atoms with E-state index in [1.165, 1.54) is 0 Å². The zero-order valence-corrected chi connectivity index (χ0v) is 10.7. The minimum atomic E-state index is -0.903. The van der Waals surface area contributed by atoms with E-state index >= 15 is 0 Å². The van der Waals surface area contributed by atoms with Gasteiger partial charge in [-0.1, -0.05) is 13.8 Å².